The van der Waals surface area contributed by atoms with E-state index in [2.05, 4.69) is 48.9 Å². The molecule has 2 nitrogen and oxygen atoms in total. The van der Waals surface area contributed by atoms with Crippen LogP contribution in [0, 0.1) is 0 Å². The molecule has 1 heterocycles. The first kappa shape index (κ1) is 12.5. The molecule has 0 amide bonds. The topological polar surface area (TPSA) is 17.8 Å². The number of hydrogen-bond acceptors (Lipinski definition) is 1. The van der Waals surface area contributed by atoms with Gasteiger partial charge in [-0.1, -0.05) is 44.2 Å². The minimum Gasteiger partial charge on any atom is -0.265 e. The highest BCUT2D eigenvalue weighted by Gasteiger charge is 2.24. The van der Waals surface area contributed by atoms with Gasteiger partial charge in [0.1, 0.15) is 0 Å². The van der Waals surface area contributed by atoms with Gasteiger partial charge in [0.05, 0.1) is 12.2 Å². The third-order valence-corrected chi connectivity index (χ3v) is 4.29. The Hall–Kier alpha value is -1.57. The molecule has 0 bridgehead atoms. The van der Waals surface area contributed by atoms with Gasteiger partial charge in [-0.15, -0.1) is 0 Å². The summed E-state index contributed by atoms with van der Waals surface area (Å²) in [6, 6.07) is 10.7. The van der Waals surface area contributed by atoms with E-state index in [1.54, 1.807) is 5.56 Å². The van der Waals surface area contributed by atoms with Crippen LogP contribution in [0.1, 0.15) is 55.1 Å². The van der Waals surface area contributed by atoms with Gasteiger partial charge in [0.25, 0.3) is 0 Å². The van der Waals surface area contributed by atoms with Crippen molar-refractivity contribution in [3.8, 4) is 0 Å². The van der Waals surface area contributed by atoms with Crippen molar-refractivity contribution in [2.75, 3.05) is 0 Å². The molecular formula is C17H22N2. The number of benzene rings is 1. The maximum atomic E-state index is 4.91. The van der Waals surface area contributed by atoms with Crippen LogP contribution in [0.4, 0.5) is 0 Å². The molecule has 0 aliphatic heterocycles. The number of hydrogen-bond donors (Lipinski definition) is 0. The third kappa shape index (κ3) is 2.32. The van der Waals surface area contributed by atoms with Gasteiger partial charge in [0.2, 0.25) is 0 Å². The second-order valence-electron chi connectivity index (χ2n) is 5.62. The second kappa shape index (κ2) is 5.20. The lowest BCUT2D eigenvalue weighted by Gasteiger charge is -2.07. The van der Waals surface area contributed by atoms with E-state index in [1.807, 2.05) is 0 Å². The highest BCUT2D eigenvalue weighted by atomic mass is 15.3. The lowest BCUT2D eigenvalue weighted by Crippen LogP contribution is -2.06. The van der Waals surface area contributed by atoms with Crippen LogP contribution < -0.4 is 0 Å². The highest BCUT2D eigenvalue weighted by Crippen LogP contribution is 2.31. The summed E-state index contributed by atoms with van der Waals surface area (Å²) >= 11 is 0. The van der Waals surface area contributed by atoms with Gasteiger partial charge in [-0.2, -0.15) is 5.10 Å². The van der Waals surface area contributed by atoms with Crippen molar-refractivity contribution in [2.45, 2.75) is 52.0 Å². The summed E-state index contributed by atoms with van der Waals surface area (Å²) in [5, 5.41) is 4.91. The summed E-state index contributed by atoms with van der Waals surface area (Å²) < 4.78 is 2.25. The van der Waals surface area contributed by atoms with Crippen molar-refractivity contribution < 1.29 is 0 Å². The molecule has 1 aromatic heterocycles. The lowest BCUT2D eigenvalue weighted by molar-refractivity contribution is 0.605. The molecule has 1 aromatic carbocycles. The van der Waals surface area contributed by atoms with Crippen LogP contribution in [0.3, 0.4) is 0 Å². The maximum Gasteiger partial charge on any atom is 0.0687 e. The first-order valence-electron chi connectivity index (χ1n) is 7.42. The first-order valence-corrected chi connectivity index (χ1v) is 7.42. The van der Waals surface area contributed by atoms with Crippen LogP contribution in [0.5, 0.6) is 0 Å². The molecule has 100 valence electrons. The van der Waals surface area contributed by atoms with Gasteiger partial charge in [-0.3, -0.25) is 4.68 Å². The van der Waals surface area contributed by atoms with Crippen molar-refractivity contribution in [1.82, 2.24) is 9.78 Å². The standard InChI is InChI=1S/C17H22N2/c1-3-13(2)17-15-10-7-11-16(15)19(18-17)12-14-8-5-4-6-9-14/h4-6,8-9,13H,3,7,10-12H2,1-2H3. The molecule has 0 fully saturated rings. The Morgan fingerprint density at radius 2 is 2.00 bits per heavy atom. The van der Waals surface area contributed by atoms with E-state index in [9.17, 15) is 0 Å². The minimum absolute atomic E-state index is 0.587. The Morgan fingerprint density at radius 1 is 1.21 bits per heavy atom. The number of rotatable bonds is 4. The molecule has 0 N–H and O–H groups in total. The molecule has 1 aliphatic carbocycles. The van der Waals surface area contributed by atoms with Gasteiger partial charge in [0, 0.05) is 11.6 Å². The fraction of sp³-hybridized carbons (Fsp3) is 0.471. The van der Waals surface area contributed by atoms with E-state index in [0.29, 0.717) is 5.92 Å². The second-order valence-corrected chi connectivity index (χ2v) is 5.62. The molecule has 1 aliphatic rings. The monoisotopic (exact) mass is 254 g/mol. The van der Waals surface area contributed by atoms with Crippen molar-refractivity contribution in [2.24, 2.45) is 0 Å². The third-order valence-electron chi connectivity index (χ3n) is 4.29. The maximum absolute atomic E-state index is 4.91. The smallest absolute Gasteiger partial charge is 0.0687 e. The fourth-order valence-electron chi connectivity index (χ4n) is 3.02. The van der Waals surface area contributed by atoms with Crippen LogP contribution in [-0.2, 0) is 19.4 Å². The van der Waals surface area contributed by atoms with Gasteiger partial charge in [0.15, 0.2) is 0 Å². The molecule has 0 spiro atoms. The Balaban J connectivity index is 1.94. The normalized spacial score (nSPS) is 15.5. The van der Waals surface area contributed by atoms with E-state index >= 15 is 0 Å². The predicted octanol–water partition coefficient (Wildman–Crippen LogP) is 3.93. The summed E-state index contributed by atoms with van der Waals surface area (Å²) in [5.41, 5.74) is 5.73. The van der Waals surface area contributed by atoms with E-state index in [0.717, 1.165) is 6.54 Å². The van der Waals surface area contributed by atoms with E-state index in [-0.39, 0.29) is 0 Å². The molecule has 2 aromatic rings. The molecule has 0 saturated heterocycles. The predicted molar refractivity (Wildman–Crippen MR) is 78.5 cm³/mol. The largest absolute Gasteiger partial charge is 0.265 e. The summed E-state index contributed by atoms with van der Waals surface area (Å²) in [6.07, 6.45) is 4.90. The molecule has 0 saturated carbocycles. The molecule has 0 radical (unpaired) electrons. The average molecular weight is 254 g/mol. The Bertz CT molecular complexity index is 554. The number of fused-ring (bicyclic) bond motifs is 1. The van der Waals surface area contributed by atoms with Crippen LogP contribution in [0.2, 0.25) is 0 Å². The van der Waals surface area contributed by atoms with E-state index in [4.69, 9.17) is 5.10 Å². The highest BCUT2D eigenvalue weighted by molar-refractivity contribution is 5.33. The van der Waals surface area contributed by atoms with Crippen LogP contribution >= 0.6 is 0 Å². The van der Waals surface area contributed by atoms with E-state index < -0.39 is 0 Å². The van der Waals surface area contributed by atoms with Gasteiger partial charge < -0.3 is 0 Å². The van der Waals surface area contributed by atoms with Gasteiger partial charge in [-0.25, -0.2) is 0 Å². The van der Waals surface area contributed by atoms with Crippen LogP contribution in [-0.4, -0.2) is 9.78 Å². The molecule has 19 heavy (non-hydrogen) atoms. The Morgan fingerprint density at radius 3 is 2.74 bits per heavy atom. The summed E-state index contributed by atoms with van der Waals surface area (Å²) in [7, 11) is 0. The van der Waals surface area contributed by atoms with E-state index in [1.165, 1.54) is 42.6 Å². The Labute approximate surface area is 115 Å². The molecule has 1 unspecified atom stereocenters. The zero-order valence-electron chi connectivity index (χ0n) is 11.9. The number of nitrogens with zero attached hydrogens (tertiary/aromatic N) is 2. The quantitative estimate of drug-likeness (QED) is 0.808. The van der Waals surface area contributed by atoms with Crippen LogP contribution in [0.15, 0.2) is 30.3 Å². The molecule has 3 rings (SSSR count). The van der Waals surface area contributed by atoms with Crippen molar-refractivity contribution in [3.63, 3.8) is 0 Å². The van der Waals surface area contributed by atoms with Crippen molar-refractivity contribution in [1.29, 1.82) is 0 Å². The number of aromatic nitrogens is 2. The fourth-order valence-corrected chi connectivity index (χ4v) is 3.02. The van der Waals surface area contributed by atoms with Crippen LogP contribution in [0.25, 0.3) is 0 Å². The zero-order chi connectivity index (χ0) is 13.2. The summed E-state index contributed by atoms with van der Waals surface area (Å²) in [5.74, 6) is 0.587. The summed E-state index contributed by atoms with van der Waals surface area (Å²) in [6.45, 7) is 5.47. The Kier molecular flexibility index (Phi) is 3.41. The first-order chi connectivity index (χ1) is 9.29. The van der Waals surface area contributed by atoms with Gasteiger partial charge >= 0.3 is 0 Å². The SMILES string of the molecule is CCC(C)c1nn(Cc2ccccc2)c2c1CCC2. The summed E-state index contributed by atoms with van der Waals surface area (Å²) in [4.78, 5) is 0. The minimum atomic E-state index is 0.587. The molecule has 1 atom stereocenters. The average Bonchev–Trinajstić information content (AvgIpc) is 3.03. The molecular weight excluding hydrogens is 232 g/mol. The van der Waals surface area contributed by atoms with Crippen molar-refractivity contribution in [3.05, 3.63) is 52.8 Å². The van der Waals surface area contributed by atoms with Gasteiger partial charge in [-0.05, 0) is 36.8 Å². The zero-order valence-corrected chi connectivity index (χ0v) is 11.9. The molecule has 2 heteroatoms. The lowest BCUT2D eigenvalue weighted by atomic mass is 10.0. The van der Waals surface area contributed by atoms with Crippen molar-refractivity contribution >= 4 is 0 Å².